The Balaban J connectivity index is 2.35. The molecule has 0 saturated heterocycles. The summed E-state index contributed by atoms with van der Waals surface area (Å²) in [6, 6.07) is 10.4. The average Bonchev–Trinajstić information content (AvgIpc) is 2.92. The van der Waals surface area contributed by atoms with Gasteiger partial charge in [0.25, 0.3) is 0 Å². The molecule has 0 N–H and O–H groups in total. The Kier molecular flexibility index (Phi) is 2.06. The Bertz CT molecular complexity index is 931. The summed E-state index contributed by atoms with van der Waals surface area (Å²) in [5.41, 5.74) is 3.33. The van der Waals surface area contributed by atoms with Crippen molar-refractivity contribution >= 4 is 27.8 Å². The van der Waals surface area contributed by atoms with E-state index in [0.717, 1.165) is 16.9 Å². The van der Waals surface area contributed by atoms with Gasteiger partial charge >= 0.3 is 0 Å². The quantitative estimate of drug-likeness (QED) is 0.486. The summed E-state index contributed by atoms with van der Waals surface area (Å²) in [6.45, 7) is 6.65. The van der Waals surface area contributed by atoms with E-state index < -0.39 is 0 Å². The van der Waals surface area contributed by atoms with Crippen LogP contribution in [0.3, 0.4) is 0 Å². The molecule has 4 nitrogen and oxygen atoms in total. The van der Waals surface area contributed by atoms with Crippen molar-refractivity contribution in [2.75, 3.05) is 0 Å². The zero-order valence-corrected chi connectivity index (χ0v) is 11.8. The number of nitrogens with zero attached hydrogens (tertiary/aromatic N) is 4. The first-order chi connectivity index (χ1) is 9.57. The van der Waals surface area contributed by atoms with E-state index in [4.69, 9.17) is 4.98 Å². The lowest BCUT2D eigenvalue weighted by Crippen LogP contribution is -2.22. The van der Waals surface area contributed by atoms with Crippen LogP contribution in [0.4, 0.5) is 0 Å². The molecule has 4 heteroatoms. The summed E-state index contributed by atoms with van der Waals surface area (Å²) in [6.07, 6.45) is 3.81. The van der Waals surface area contributed by atoms with E-state index in [1.54, 1.807) is 6.20 Å². The van der Waals surface area contributed by atoms with Crippen LogP contribution in [0, 0.1) is 0 Å². The van der Waals surface area contributed by atoms with E-state index in [1.165, 1.54) is 10.9 Å². The maximum Gasteiger partial charge on any atom is 0.235 e. The summed E-state index contributed by atoms with van der Waals surface area (Å²) >= 11 is 0. The Morgan fingerprint density at radius 3 is 2.65 bits per heavy atom. The summed E-state index contributed by atoms with van der Waals surface area (Å²) in [5, 5.41) is 1.18. The molecule has 0 bridgehead atoms. The molecule has 3 aromatic heterocycles. The van der Waals surface area contributed by atoms with Crippen LogP contribution in [0.15, 0.2) is 42.7 Å². The van der Waals surface area contributed by atoms with Crippen molar-refractivity contribution in [2.45, 2.75) is 26.3 Å². The van der Waals surface area contributed by atoms with E-state index in [-0.39, 0.29) is 5.54 Å². The molecule has 20 heavy (non-hydrogen) atoms. The van der Waals surface area contributed by atoms with Crippen molar-refractivity contribution in [2.24, 2.45) is 0 Å². The zero-order valence-electron chi connectivity index (χ0n) is 11.8. The fourth-order valence-electron chi connectivity index (χ4n) is 2.93. The summed E-state index contributed by atoms with van der Waals surface area (Å²) in [5.74, 6) is 0.751. The molecule has 0 saturated carbocycles. The molecule has 0 radical (unpaired) electrons. The highest BCUT2D eigenvalue weighted by Gasteiger charge is 2.23. The maximum absolute atomic E-state index is 4.71. The molecule has 1 aromatic carbocycles. The molecule has 4 rings (SSSR count). The van der Waals surface area contributed by atoms with Crippen LogP contribution < -0.4 is 0 Å². The van der Waals surface area contributed by atoms with Gasteiger partial charge in [-0.1, -0.05) is 18.2 Å². The first-order valence-corrected chi connectivity index (χ1v) is 6.80. The maximum atomic E-state index is 4.71. The molecule has 0 amide bonds. The molecule has 0 spiro atoms. The number of benzene rings is 1. The molecule has 100 valence electrons. The summed E-state index contributed by atoms with van der Waals surface area (Å²) in [7, 11) is 0. The lowest BCUT2D eigenvalue weighted by Gasteiger charge is -2.23. The molecule has 0 aliphatic rings. The van der Waals surface area contributed by atoms with Gasteiger partial charge in [-0.2, -0.15) is 0 Å². The summed E-state index contributed by atoms with van der Waals surface area (Å²) in [4.78, 5) is 9.07. The van der Waals surface area contributed by atoms with Gasteiger partial charge in [0.2, 0.25) is 5.78 Å². The highest BCUT2D eigenvalue weighted by atomic mass is 15.2. The van der Waals surface area contributed by atoms with E-state index in [0.29, 0.717) is 0 Å². The van der Waals surface area contributed by atoms with Crippen molar-refractivity contribution in [1.29, 1.82) is 0 Å². The van der Waals surface area contributed by atoms with Crippen molar-refractivity contribution in [3.63, 3.8) is 0 Å². The average molecular weight is 264 g/mol. The van der Waals surface area contributed by atoms with Crippen molar-refractivity contribution < 1.29 is 0 Å². The summed E-state index contributed by atoms with van der Waals surface area (Å²) < 4.78 is 4.42. The van der Waals surface area contributed by atoms with Crippen LogP contribution in [0.1, 0.15) is 20.8 Å². The smallest absolute Gasteiger partial charge is 0.235 e. The number of rotatable bonds is 0. The van der Waals surface area contributed by atoms with Gasteiger partial charge in [-0.25, -0.2) is 9.97 Å². The molecule has 4 aromatic rings. The Morgan fingerprint density at radius 1 is 1.05 bits per heavy atom. The number of para-hydroxylation sites is 1. The number of hydrogen-bond acceptors (Lipinski definition) is 2. The largest absolute Gasteiger partial charge is 0.320 e. The first kappa shape index (κ1) is 11.5. The van der Waals surface area contributed by atoms with Gasteiger partial charge in [-0.3, -0.25) is 4.40 Å². The zero-order chi connectivity index (χ0) is 13.9. The predicted molar refractivity (Wildman–Crippen MR) is 81.0 cm³/mol. The van der Waals surface area contributed by atoms with E-state index in [1.807, 2.05) is 12.3 Å². The van der Waals surface area contributed by atoms with E-state index in [2.05, 4.69) is 59.0 Å². The fourth-order valence-corrected chi connectivity index (χ4v) is 2.93. The number of aromatic nitrogens is 4. The monoisotopic (exact) mass is 264 g/mol. The first-order valence-electron chi connectivity index (χ1n) is 6.80. The van der Waals surface area contributed by atoms with Crippen LogP contribution >= 0.6 is 0 Å². The van der Waals surface area contributed by atoms with Crippen LogP contribution in [0.5, 0.6) is 0 Å². The van der Waals surface area contributed by atoms with Crippen LogP contribution in [-0.4, -0.2) is 18.9 Å². The normalized spacial score (nSPS) is 12.8. The van der Waals surface area contributed by atoms with Crippen LogP contribution in [0.2, 0.25) is 0 Å². The molecular formula is C16H16N4. The third-order valence-corrected chi connectivity index (χ3v) is 3.66. The fraction of sp³-hybridized carbons (Fsp3) is 0.250. The van der Waals surface area contributed by atoms with Gasteiger partial charge in [0.1, 0.15) is 11.2 Å². The lowest BCUT2D eigenvalue weighted by molar-refractivity contribution is 0.420. The Morgan fingerprint density at radius 2 is 1.85 bits per heavy atom. The predicted octanol–water partition coefficient (Wildman–Crippen LogP) is 3.59. The van der Waals surface area contributed by atoms with Gasteiger partial charge in [0.05, 0.1) is 5.52 Å². The molecule has 0 unspecified atom stereocenters. The minimum absolute atomic E-state index is 0.0207. The third-order valence-electron chi connectivity index (χ3n) is 3.66. The minimum atomic E-state index is -0.0207. The van der Waals surface area contributed by atoms with E-state index in [9.17, 15) is 0 Å². The van der Waals surface area contributed by atoms with Crippen LogP contribution in [-0.2, 0) is 5.54 Å². The Labute approximate surface area is 116 Å². The molecule has 0 aliphatic carbocycles. The molecule has 0 fully saturated rings. The molecule has 3 heterocycles. The van der Waals surface area contributed by atoms with Crippen molar-refractivity contribution in [3.8, 4) is 0 Å². The SMILES string of the molecule is CC(C)(C)n1c2ccccc2c2nc3ncccn3c21. The lowest BCUT2D eigenvalue weighted by atomic mass is 10.1. The second-order valence-electron chi connectivity index (χ2n) is 6.10. The van der Waals surface area contributed by atoms with E-state index >= 15 is 0 Å². The standard InChI is InChI=1S/C16H16N4/c1-16(2,3)20-12-8-5-4-7-11(12)13-14(20)19-10-6-9-17-15(19)18-13/h4-10H,1-3H3. The third kappa shape index (κ3) is 1.36. The van der Waals surface area contributed by atoms with Gasteiger partial charge in [0.15, 0.2) is 0 Å². The highest BCUT2D eigenvalue weighted by molar-refractivity contribution is 6.06. The van der Waals surface area contributed by atoms with Crippen LogP contribution in [0.25, 0.3) is 27.8 Å². The number of fused-ring (bicyclic) bond motifs is 5. The molecule has 0 aliphatic heterocycles. The van der Waals surface area contributed by atoms with Gasteiger partial charge in [0, 0.05) is 23.3 Å². The second kappa shape index (κ2) is 3.60. The number of imidazole rings is 1. The van der Waals surface area contributed by atoms with Gasteiger partial charge < -0.3 is 4.57 Å². The molecular weight excluding hydrogens is 248 g/mol. The topological polar surface area (TPSA) is 35.1 Å². The number of hydrogen-bond donors (Lipinski definition) is 0. The highest BCUT2D eigenvalue weighted by Crippen LogP contribution is 2.33. The minimum Gasteiger partial charge on any atom is -0.320 e. The van der Waals surface area contributed by atoms with Crippen molar-refractivity contribution in [1.82, 2.24) is 18.9 Å². The van der Waals surface area contributed by atoms with Gasteiger partial charge in [-0.15, -0.1) is 0 Å². The van der Waals surface area contributed by atoms with Gasteiger partial charge in [-0.05, 0) is 32.9 Å². The molecule has 0 atom stereocenters. The van der Waals surface area contributed by atoms with Crippen molar-refractivity contribution in [3.05, 3.63) is 42.7 Å². The Hall–Kier alpha value is -2.36. The second-order valence-corrected chi connectivity index (χ2v) is 6.10.